The number of hydrogen-bond donors (Lipinski definition) is 0. The zero-order valence-electron chi connectivity index (χ0n) is 15.5. The molecule has 3 nitrogen and oxygen atoms in total. The molecule has 0 radical (unpaired) electrons. The lowest BCUT2D eigenvalue weighted by Gasteiger charge is -2.36. The zero-order valence-corrected chi connectivity index (χ0v) is 15.5. The number of benzene rings is 2. The number of piperidine rings is 1. The van der Waals surface area contributed by atoms with Crippen LogP contribution in [0.2, 0.25) is 0 Å². The average Bonchev–Trinajstić information content (AvgIpc) is 2.94. The Morgan fingerprint density at radius 2 is 1.81 bits per heavy atom. The molecule has 0 N–H and O–H groups in total. The number of rotatable bonds is 5. The molecule has 4 rings (SSSR count). The van der Waals surface area contributed by atoms with Gasteiger partial charge >= 0.3 is 0 Å². The molecule has 2 aliphatic rings. The Kier molecular flexibility index (Phi) is 4.82. The van der Waals surface area contributed by atoms with E-state index in [1.54, 1.807) is 7.11 Å². The molecule has 2 aromatic rings. The van der Waals surface area contributed by atoms with Gasteiger partial charge in [0, 0.05) is 12.1 Å². The molecule has 1 unspecified atom stereocenters. The molecule has 1 fully saturated rings. The first-order valence-corrected chi connectivity index (χ1v) is 9.68. The summed E-state index contributed by atoms with van der Waals surface area (Å²) in [6.45, 7) is 3.09. The highest BCUT2D eigenvalue weighted by atomic mass is 16.5. The first kappa shape index (κ1) is 17.3. The minimum absolute atomic E-state index is 0.310. The second-order valence-electron chi connectivity index (χ2n) is 7.81. The lowest BCUT2D eigenvalue weighted by Crippen LogP contribution is -2.45. The fourth-order valence-electron chi connectivity index (χ4n) is 4.65. The minimum Gasteiger partial charge on any atom is -0.497 e. The van der Waals surface area contributed by atoms with Crippen LogP contribution in [0.25, 0.3) is 0 Å². The number of nitrogens with zero attached hydrogens (tertiary/aromatic N) is 1. The molecule has 2 aromatic carbocycles. The number of carbonyl (C=O) groups excluding carboxylic acids is 1. The van der Waals surface area contributed by atoms with Crippen LogP contribution in [-0.4, -0.2) is 37.4 Å². The van der Waals surface area contributed by atoms with E-state index in [4.69, 9.17) is 4.74 Å². The molecule has 136 valence electrons. The van der Waals surface area contributed by atoms with Crippen LogP contribution < -0.4 is 4.74 Å². The Morgan fingerprint density at radius 3 is 2.54 bits per heavy atom. The van der Waals surface area contributed by atoms with Crippen LogP contribution in [0.1, 0.15) is 40.7 Å². The lowest BCUT2D eigenvalue weighted by molar-refractivity contribution is 0.0702. The van der Waals surface area contributed by atoms with Gasteiger partial charge in [-0.05, 0) is 68.1 Å². The van der Waals surface area contributed by atoms with Crippen molar-refractivity contribution in [1.82, 2.24) is 4.90 Å². The highest BCUT2D eigenvalue weighted by Crippen LogP contribution is 2.42. The van der Waals surface area contributed by atoms with Gasteiger partial charge in [-0.1, -0.05) is 36.8 Å². The number of fused-ring (bicyclic) bond motifs is 1. The second-order valence-corrected chi connectivity index (χ2v) is 7.81. The van der Waals surface area contributed by atoms with Gasteiger partial charge in [0.15, 0.2) is 5.78 Å². The van der Waals surface area contributed by atoms with Crippen molar-refractivity contribution in [2.75, 3.05) is 26.7 Å². The maximum atomic E-state index is 13.5. The van der Waals surface area contributed by atoms with Crippen LogP contribution in [-0.2, 0) is 12.8 Å². The van der Waals surface area contributed by atoms with E-state index in [0.717, 1.165) is 49.4 Å². The number of ether oxygens (including phenoxy) is 1. The summed E-state index contributed by atoms with van der Waals surface area (Å²) in [5.74, 6) is 1.15. The minimum atomic E-state index is -0.354. The van der Waals surface area contributed by atoms with E-state index in [0.29, 0.717) is 5.78 Å². The van der Waals surface area contributed by atoms with E-state index >= 15 is 0 Å². The molecule has 1 aliphatic carbocycles. The smallest absolute Gasteiger partial charge is 0.171 e. The highest BCUT2D eigenvalue weighted by molar-refractivity contribution is 6.05. The lowest BCUT2D eigenvalue weighted by atomic mass is 9.77. The van der Waals surface area contributed by atoms with E-state index in [2.05, 4.69) is 35.2 Å². The Balaban J connectivity index is 1.67. The number of carbonyl (C=O) groups is 1. The molecule has 1 saturated heterocycles. The summed E-state index contributed by atoms with van der Waals surface area (Å²) in [5.41, 5.74) is 2.92. The molecule has 0 spiro atoms. The van der Waals surface area contributed by atoms with Crippen molar-refractivity contribution < 1.29 is 9.53 Å². The van der Waals surface area contributed by atoms with Gasteiger partial charge in [-0.15, -0.1) is 0 Å². The maximum absolute atomic E-state index is 13.5. The molecule has 26 heavy (non-hydrogen) atoms. The third-order valence-electron chi connectivity index (χ3n) is 5.93. The van der Waals surface area contributed by atoms with Crippen molar-refractivity contribution in [3.05, 3.63) is 65.2 Å². The monoisotopic (exact) mass is 349 g/mol. The average molecular weight is 349 g/mol. The molecule has 1 atom stereocenters. The number of Topliss-reactive ketones (excluding diaryl/α,β-unsaturated/α-hetero) is 1. The van der Waals surface area contributed by atoms with Crippen LogP contribution in [0.5, 0.6) is 5.75 Å². The summed E-state index contributed by atoms with van der Waals surface area (Å²) >= 11 is 0. The van der Waals surface area contributed by atoms with Gasteiger partial charge in [0.1, 0.15) is 5.75 Å². The van der Waals surface area contributed by atoms with Crippen molar-refractivity contribution in [2.45, 2.75) is 32.1 Å². The molecule has 0 aromatic heterocycles. The topological polar surface area (TPSA) is 29.5 Å². The second kappa shape index (κ2) is 7.24. The number of methoxy groups -OCH3 is 1. The summed E-state index contributed by atoms with van der Waals surface area (Å²) in [7, 11) is 1.68. The van der Waals surface area contributed by atoms with Gasteiger partial charge in [-0.25, -0.2) is 0 Å². The molecule has 3 heteroatoms. The van der Waals surface area contributed by atoms with Crippen molar-refractivity contribution in [3.63, 3.8) is 0 Å². The maximum Gasteiger partial charge on any atom is 0.171 e. The van der Waals surface area contributed by atoms with Crippen molar-refractivity contribution in [1.29, 1.82) is 0 Å². The van der Waals surface area contributed by atoms with Crippen molar-refractivity contribution >= 4 is 5.78 Å². The van der Waals surface area contributed by atoms with E-state index < -0.39 is 0 Å². The van der Waals surface area contributed by atoms with Gasteiger partial charge in [0.2, 0.25) is 0 Å². The number of hydrogen-bond acceptors (Lipinski definition) is 3. The summed E-state index contributed by atoms with van der Waals surface area (Å²) in [6, 6.07) is 16.4. The SMILES string of the molecule is COc1ccc2c(c1)CC(Cc1ccccc1)(CN1CCCCC1)C2=O. The van der Waals surface area contributed by atoms with Crippen LogP contribution in [0.15, 0.2) is 48.5 Å². The summed E-state index contributed by atoms with van der Waals surface area (Å²) < 4.78 is 5.39. The van der Waals surface area contributed by atoms with Gasteiger partial charge in [0.05, 0.1) is 12.5 Å². The molecule has 1 aliphatic heterocycles. The number of likely N-dealkylation sites (tertiary alicyclic amines) is 1. The predicted octanol–water partition coefficient (Wildman–Crippen LogP) is 4.15. The highest BCUT2D eigenvalue weighted by Gasteiger charge is 2.46. The normalized spacial score (nSPS) is 23.0. The summed E-state index contributed by atoms with van der Waals surface area (Å²) in [5, 5.41) is 0. The Bertz CT molecular complexity index is 780. The third kappa shape index (κ3) is 3.28. The Morgan fingerprint density at radius 1 is 1.04 bits per heavy atom. The molecule has 1 heterocycles. The molecular formula is C23H27NO2. The van der Waals surface area contributed by atoms with Crippen LogP contribution in [0.4, 0.5) is 0 Å². The molecular weight excluding hydrogens is 322 g/mol. The predicted molar refractivity (Wildman–Crippen MR) is 104 cm³/mol. The standard InChI is InChI=1S/C23H27NO2/c1-26-20-10-11-21-19(14-20)16-23(22(21)25,15-18-8-4-2-5-9-18)17-24-12-6-3-7-13-24/h2,4-5,8-11,14H,3,6-7,12-13,15-17H2,1H3. The fourth-order valence-corrected chi connectivity index (χ4v) is 4.65. The third-order valence-corrected chi connectivity index (χ3v) is 5.93. The fraction of sp³-hybridized carbons (Fsp3) is 0.435. The Hall–Kier alpha value is -2.13. The summed E-state index contributed by atoms with van der Waals surface area (Å²) in [6.07, 6.45) is 5.42. The first-order chi connectivity index (χ1) is 12.7. The molecule has 0 bridgehead atoms. The van der Waals surface area contributed by atoms with Gasteiger partial charge in [-0.3, -0.25) is 4.79 Å². The molecule has 0 amide bonds. The number of ketones is 1. The van der Waals surface area contributed by atoms with Crippen molar-refractivity contribution in [3.8, 4) is 5.75 Å². The van der Waals surface area contributed by atoms with E-state index in [1.165, 1.54) is 24.8 Å². The van der Waals surface area contributed by atoms with Crippen molar-refractivity contribution in [2.24, 2.45) is 5.41 Å². The summed E-state index contributed by atoms with van der Waals surface area (Å²) in [4.78, 5) is 16.0. The quantitative estimate of drug-likeness (QED) is 0.812. The first-order valence-electron chi connectivity index (χ1n) is 9.68. The largest absolute Gasteiger partial charge is 0.497 e. The van der Waals surface area contributed by atoms with Gasteiger partial charge < -0.3 is 9.64 Å². The van der Waals surface area contributed by atoms with E-state index in [-0.39, 0.29) is 5.41 Å². The van der Waals surface area contributed by atoms with Crippen LogP contribution in [0, 0.1) is 5.41 Å². The van der Waals surface area contributed by atoms with Gasteiger partial charge in [0.25, 0.3) is 0 Å². The van der Waals surface area contributed by atoms with Crippen LogP contribution >= 0.6 is 0 Å². The Labute approximate surface area is 156 Å². The van der Waals surface area contributed by atoms with Gasteiger partial charge in [-0.2, -0.15) is 0 Å². The zero-order chi connectivity index (χ0) is 18.0. The van der Waals surface area contributed by atoms with E-state index in [1.807, 2.05) is 18.2 Å². The van der Waals surface area contributed by atoms with Crippen LogP contribution in [0.3, 0.4) is 0 Å². The molecule has 0 saturated carbocycles. The van der Waals surface area contributed by atoms with E-state index in [9.17, 15) is 4.79 Å².